The van der Waals surface area contributed by atoms with Gasteiger partial charge in [-0.1, -0.05) is 0 Å². The Labute approximate surface area is 87.3 Å². The van der Waals surface area contributed by atoms with Crippen molar-refractivity contribution in [3.8, 4) is 0 Å². The van der Waals surface area contributed by atoms with Crippen molar-refractivity contribution in [1.82, 2.24) is 4.98 Å². The van der Waals surface area contributed by atoms with Gasteiger partial charge < -0.3 is 4.98 Å². The number of hydrogen-bond donors (Lipinski definition) is 1. The zero-order chi connectivity index (χ0) is 9.42. The molecule has 0 aliphatic carbocycles. The van der Waals surface area contributed by atoms with E-state index in [2.05, 4.69) is 4.98 Å². The van der Waals surface area contributed by atoms with Crippen LogP contribution in [0.4, 0.5) is 8.78 Å². The van der Waals surface area contributed by atoms with Crippen LogP contribution in [0.15, 0.2) is 24.4 Å². The van der Waals surface area contributed by atoms with E-state index in [-0.39, 0.29) is 5.56 Å². The average molecular weight is 293 g/mol. The molecule has 2 rings (SSSR count). The normalized spacial score (nSPS) is 11.4. The maximum atomic E-state index is 12.5. The highest BCUT2D eigenvalue weighted by Crippen LogP contribution is 2.29. The third kappa shape index (κ3) is 1.54. The van der Waals surface area contributed by atoms with Gasteiger partial charge in [-0.2, -0.15) is 0 Å². The van der Waals surface area contributed by atoms with Crippen LogP contribution in [0.25, 0.3) is 10.9 Å². The Morgan fingerprint density at radius 3 is 2.77 bits per heavy atom. The van der Waals surface area contributed by atoms with Crippen LogP contribution in [0, 0.1) is 3.57 Å². The van der Waals surface area contributed by atoms with Crippen LogP contribution >= 0.6 is 22.6 Å². The highest BCUT2D eigenvalue weighted by molar-refractivity contribution is 14.1. The molecule has 0 aliphatic heterocycles. The molecule has 0 fully saturated rings. The van der Waals surface area contributed by atoms with Gasteiger partial charge in [0.15, 0.2) is 0 Å². The number of fused-ring (bicyclic) bond motifs is 1. The number of benzene rings is 1. The van der Waals surface area contributed by atoms with E-state index >= 15 is 0 Å². The monoisotopic (exact) mass is 293 g/mol. The SMILES string of the molecule is FC(F)c1cc(I)cc2[nH]ccc12. The highest BCUT2D eigenvalue weighted by atomic mass is 127. The van der Waals surface area contributed by atoms with Crippen molar-refractivity contribution in [2.24, 2.45) is 0 Å². The smallest absolute Gasteiger partial charge is 0.264 e. The fraction of sp³-hybridized carbons (Fsp3) is 0.111. The number of rotatable bonds is 1. The van der Waals surface area contributed by atoms with Crippen molar-refractivity contribution in [3.63, 3.8) is 0 Å². The van der Waals surface area contributed by atoms with E-state index in [1.54, 1.807) is 12.3 Å². The van der Waals surface area contributed by atoms with Crippen LogP contribution in [0.1, 0.15) is 12.0 Å². The van der Waals surface area contributed by atoms with Gasteiger partial charge in [-0.15, -0.1) is 0 Å². The number of alkyl halides is 2. The Kier molecular flexibility index (Phi) is 2.23. The lowest BCUT2D eigenvalue weighted by Crippen LogP contribution is -1.86. The van der Waals surface area contributed by atoms with E-state index in [1.807, 2.05) is 28.7 Å². The van der Waals surface area contributed by atoms with E-state index < -0.39 is 6.43 Å². The predicted molar refractivity (Wildman–Crippen MR) is 56.0 cm³/mol. The lowest BCUT2D eigenvalue weighted by atomic mass is 10.1. The van der Waals surface area contributed by atoms with Crippen molar-refractivity contribution >= 4 is 33.5 Å². The molecule has 1 nitrogen and oxygen atoms in total. The van der Waals surface area contributed by atoms with Crippen molar-refractivity contribution in [2.45, 2.75) is 6.43 Å². The summed E-state index contributed by atoms with van der Waals surface area (Å²) in [6.45, 7) is 0. The molecule has 0 bridgehead atoms. The molecule has 1 aromatic carbocycles. The van der Waals surface area contributed by atoms with Crippen LogP contribution in [0.3, 0.4) is 0 Å². The van der Waals surface area contributed by atoms with Crippen LogP contribution in [-0.2, 0) is 0 Å². The summed E-state index contributed by atoms with van der Waals surface area (Å²) in [5.74, 6) is 0. The van der Waals surface area contributed by atoms with Gasteiger partial charge in [0.25, 0.3) is 6.43 Å². The molecule has 1 aromatic heterocycles. The third-order valence-electron chi connectivity index (χ3n) is 1.90. The lowest BCUT2D eigenvalue weighted by Gasteiger charge is -2.02. The first kappa shape index (κ1) is 8.93. The van der Waals surface area contributed by atoms with Crippen molar-refractivity contribution in [3.05, 3.63) is 33.5 Å². The molecule has 0 atom stereocenters. The van der Waals surface area contributed by atoms with Gasteiger partial charge in [-0.05, 0) is 40.8 Å². The second-order valence-electron chi connectivity index (χ2n) is 2.73. The minimum Gasteiger partial charge on any atom is -0.361 e. The fourth-order valence-corrected chi connectivity index (χ4v) is 1.99. The standard InChI is InChI=1S/C9H6F2IN/c10-9(11)7-3-5(12)4-8-6(7)1-2-13-8/h1-4,9,13H. The van der Waals surface area contributed by atoms with Gasteiger partial charge >= 0.3 is 0 Å². The number of H-pyrrole nitrogens is 1. The molecular formula is C9H6F2IN. The number of nitrogens with one attached hydrogen (secondary N) is 1. The summed E-state index contributed by atoms with van der Waals surface area (Å²) in [4.78, 5) is 2.92. The number of halogens is 3. The van der Waals surface area contributed by atoms with Crippen LogP contribution in [-0.4, -0.2) is 4.98 Å². The Hall–Kier alpha value is -0.650. The molecule has 13 heavy (non-hydrogen) atoms. The number of hydrogen-bond acceptors (Lipinski definition) is 0. The summed E-state index contributed by atoms with van der Waals surface area (Å²) in [6, 6.07) is 5.04. The molecule has 0 amide bonds. The Morgan fingerprint density at radius 1 is 1.31 bits per heavy atom. The second-order valence-corrected chi connectivity index (χ2v) is 3.98. The topological polar surface area (TPSA) is 15.8 Å². The van der Waals surface area contributed by atoms with Crippen molar-refractivity contribution in [2.75, 3.05) is 0 Å². The first-order valence-corrected chi connectivity index (χ1v) is 4.81. The molecule has 2 aromatic rings. The van der Waals surface area contributed by atoms with Crippen LogP contribution < -0.4 is 0 Å². The predicted octanol–water partition coefficient (Wildman–Crippen LogP) is 3.71. The Balaban J connectivity index is 2.77. The summed E-state index contributed by atoms with van der Waals surface area (Å²) >= 11 is 2.03. The average Bonchev–Trinajstić information content (AvgIpc) is 2.49. The molecule has 0 spiro atoms. The highest BCUT2D eigenvalue weighted by Gasteiger charge is 2.12. The maximum absolute atomic E-state index is 12.5. The third-order valence-corrected chi connectivity index (χ3v) is 2.52. The molecule has 0 saturated heterocycles. The molecular weight excluding hydrogens is 287 g/mol. The zero-order valence-corrected chi connectivity index (χ0v) is 8.68. The van der Waals surface area contributed by atoms with E-state index in [4.69, 9.17) is 0 Å². The summed E-state index contributed by atoms with van der Waals surface area (Å²) in [5.41, 5.74) is 0.866. The van der Waals surface area contributed by atoms with E-state index in [0.29, 0.717) is 5.39 Å². The second kappa shape index (κ2) is 3.25. The summed E-state index contributed by atoms with van der Waals surface area (Å²) in [7, 11) is 0. The van der Waals surface area contributed by atoms with Gasteiger partial charge in [0.05, 0.1) is 0 Å². The van der Waals surface area contributed by atoms with Gasteiger partial charge in [0, 0.05) is 26.2 Å². The lowest BCUT2D eigenvalue weighted by molar-refractivity contribution is 0.153. The van der Waals surface area contributed by atoms with E-state index in [1.165, 1.54) is 6.07 Å². The van der Waals surface area contributed by atoms with E-state index in [9.17, 15) is 8.78 Å². The van der Waals surface area contributed by atoms with Gasteiger partial charge in [0.1, 0.15) is 0 Å². The minimum absolute atomic E-state index is 0.100. The molecule has 68 valence electrons. The molecule has 0 radical (unpaired) electrons. The van der Waals surface area contributed by atoms with Crippen LogP contribution in [0.2, 0.25) is 0 Å². The molecule has 1 heterocycles. The summed E-state index contributed by atoms with van der Waals surface area (Å²) in [6.07, 6.45) is -0.736. The number of aromatic amines is 1. The van der Waals surface area contributed by atoms with Gasteiger partial charge in [-0.25, -0.2) is 8.78 Å². The van der Waals surface area contributed by atoms with Crippen molar-refractivity contribution < 1.29 is 8.78 Å². The maximum Gasteiger partial charge on any atom is 0.264 e. The quantitative estimate of drug-likeness (QED) is 0.771. The number of aromatic nitrogens is 1. The van der Waals surface area contributed by atoms with Crippen molar-refractivity contribution in [1.29, 1.82) is 0 Å². The largest absolute Gasteiger partial charge is 0.361 e. The Bertz CT molecular complexity index is 436. The molecule has 0 aliphatic rings. The van der Waals surface area contributed by atoms with Gasteiger partial charge in [0.2, 0.25) is 0 Å². The van der Waals surface area contributed by atoms with Gasteiger partial charge in [-0.3, -0.25) is 0 Å². The van der Waals surface area contributed by atoms with E-state index in [0.717, 1.165) is 9.09 Å². The molecule has 4 heteroatoms. The molecule has 0 saturated carbocycles. The molecule has 0 unspecified atom stereocenters. The first-order chi connectivity index (χ1) is 6.18. The zero-order valence-electron chi connectivity index (χ0n) is 6.52. The van der Waals surface area contributed by atoms with Crippen LogP contribution in [0.5, 0.6) is 0 Å². The fourth-order valence-electron chi connectivity index (χ4n) is 1.34. The minimum atomic E-state index is -2.41. The summed E-state index contributed by atoms with van der Waals surface area (Å²) < 4.78 is 25.9. The summed E-state index contributed by atoms with van der Waals surface area (Å²) in [5, 5.41) is 0.607. The first-order valence-electron chi connectivity index (χ1n) is 3.73. The molecule has 1 N–H and O–H groups in total. The Morgan fingerprint density at radius 2 is 2.08 bits per heavy atom.